The van der Waals surface area contributed by atoms with Gasteiger partial charge in [0.15, 0.2) is 0 Å². The Balaban J connectivity index is 1.86. The van der Waals surface area contributed by atoms with Crippen molar-refractivity contribution in [3.8, 4) is 5.75 Å². The summed E-state index contributed by atoms with van der Waals surface area (Å²) in [7, 11) is 3.69. The lowest BCUT2D eigenvalue weighted by molar-refractivity contribution is 0.298. The molecule has 0 amide bonds. The molecule has 1 saturated heterocycles. The smallest absolute Gasteiger partial charge is 0.123 e. The van der Waals surface area contributed by atoms with Crippen molar-refractivity contribution in [3.63, 3.8) is 0 Å². The molecule has 1 aromatic rings. The minimum Gasteiger partial charge on any atom is -0.496 e. The molecular formula is C15H23FN2O. The molecule has 106 valence electrons. The zero-order chi connectivity index (χ0) is 13.7. The number of hydrogen-bond acceptors (Lipinski definition) is 3. The molecule has 1 unspecified atom stereocenters. The SMILES string of the molecule is COc1ccc(F)cc1CN(C)CCC1CCCN1. The van der Waals surface area contributed by atoms with Gasteiger partial charge in [-0.2, -0.15) is 0 Å². The Kier molecular flexibility index (Phi) is 5.16. The van der Waals surface area contributed by atoms with E-state index in [9.17, 15) is 4.39 Å². The fourth-order valence-corrected chi connectivity index (χ4v) is 2.62. The number of benzene rings is 1. The maximum absolute atomic E-state index is 13.3. The van der Waals surface area contributed by atoms with Crippen LogP contribution in [0.5, 0.6) is 5.75 Å². The van der Waals surface area contributed by atoms with Gasteiger partial charge in [0, 0.05) is 18.2 Å². The van der Waals surface area contributed by atoms with E-state index >= 15 is 0 Å². The Morgan fingerprint density at radius 2 is 2.32 bits per heavy atom. The van der Waals surface area contributed by atoms with Crippen molar-refractivity contribution < 1.29 is 9.13 Å². The molecule has 2 rings (SSSR count). The van der Waals surface area contributed by atoms with E-state index < -0.39 is 0 Å². The fourth-order valence-electron chi connectivity index (χ4n) is 2.62. The highest BCUT2D eigenvalue weighted by Gasteiger charge is 2.15. The lowest BCUT2D eigenvalue weighted by Gasteiger charge is -2.20. The van der Waals surface area contributed by atoms with Gasteiger partial charge in [-0.05, 0) is 57.6 Å². The first-order valence-electron chi connectivity index (χ1n) is 6.93. The first-order valence-corrected chi connectivity index (χ1v) is 6.93. The summed E-state index contributed by atoms with van der Waals surface area (Å²) in [4.78, 5) is 2.22. The van der Waals surface area contributed by atoms with Crippen LogP contribution in [0.25, 0.3) is 0 Å². The van der Waals surface area contributed by atoms with E-state index in [2.05, 4.69) is 17.3 Å². The van der Waals surface area contributed by atoms with Crippen molar-refractivity contribution in [1.29, 1.82) is 0 Å². The largest absolute Gasteiger partial charge is 0.496 e. The molecule has 4 heteroatoms. The van der Waals surface area contributed by atoms with Gasteiger partial charge in [-0.1, -0.05) is 0 Å². The van der Waals surface area contributed by atoms with Crippen molar-refractivity contribution in [2.45, 2.75) is 31.8 Å². The molecule has 1 aromatic carbocycles. The summed E-state index contributed by atoms with van der Waals surface area (Å²) in [5.74, 6) is 0.550. The lowest BCUT2D eigenvalue weighted by Crippen LogP contribution is -2.28. The first kappa shape index (κ1) is 14.3. The Morgan fingerprint density at radius 3 is 3.00 bits per heavy atom. The molecule has 1 fully saturated rings. The second-order valence-corrected chi connectivity index (χ2v) is 5.28. The Labute approximate surface area is 114 Å². The molecule has 0 radical (unpaired) electrons. The van der Waals surface area contributed by atoms with Crippen molar-refractivity contribution in [2.75, 3.05) is 27.2 Å². The Bertz CT molecular complexity index is 405. The van der Waals surface area contributed by atoms with Crippen LogP contribution >= 0.6 is 0 Å². The molecule has 1 N–H and O–H groups in total. The summed E-state index contributed by atoms with van der Waals surface area (Å²) in [5.41, 5.74) is 0.907. The number of hydrogen-bond donors (Lipinski definition) is 1. The van der Waals surface area contributed by atoms with Crippen LogP contribution in [0.1, 0.15) is 24.8 Å². The maximum Gasteiger partial charge on any atom is 0.123 e. The molecule has 0 saturated carbocycles. The number of methoxy groups -OCH3 is 1. The summed E-state index contributed by atoms with van der Waals surface area (Å²) in [6, 6.07) is 5.34. The normalized spacial score (nSPS) is 19.1. The molecular weight excluding hydrogens is 243 g/mol. The quantitative estimate of drug-likeness (QED) is 0.855. The van der Waals surface area contributed by atoms with E-state index in [0.29, 0.717) is 12.6 Å². The van der Waals surface area contributed by atoms with Crippen LogP contribution in [0.4, 0.5) is 4.39 Å². The molecule has 0 bridgehead atoms. The zero-order valence-corrected chi connectivity index (χ0v) is 11.8. The van der Waals surface area contributed by atoms with Crippen LogP contribution in [0.15, 0.2) is 18.2 Å². The predicted molar refractivity (Wildman–Crippen MR) is 74.9 cm³/mol. The molecule has 3 nitrogen and oxygen atoms in total. The number of nitrogens with one attached hydrogen (secondary N) is 1. The monoisotopic (exact) mass is 266 g/mol. The molecule has 1 atom stereocenters. The van der Waals surface area contributed by atoms with Gasteiger partial charge in [0.2, 0.25) is 0 Å². The summed E-state index contributed by atoms with van der Waals surface area (Å²) >= 11 is 0. The van der Waals surface area contributed by atoms with Crippen molar-refractivity contribution in [1.82, 2.24) is 10.2 Å². The molecule has 1 aliphatic heterocycles. The fraction of sp³-hybridized carbons (Fsp3) is 0.600. The van der Waals surface area contributed by atoms with E-state index in [1.165, 1.54) is 18.9 Å². The Hall–Kier alpha value is -1.13. The van der Waals surface area contributed by atoms with Crippen molar-refractivity contribution in [2.24, 2.45) is 0 Å². The van der Waals surface area contributed by atoms with E-state index in [0.717, 1.165) is 30.8 Å². The van der Waals surface area contributed by atoms with Gasteiger partial charge in [-0.15, -0.1) is 0 Å². The lowest BCUT2D eigenvalue weighted by atomic mass is 10.1. The van der Waals surface area contributed by atoms with Crippen LogP contribution in [0.2, 0.25) is 0 Å². The van der Waals surface area contributed by atoms with Crippen molar-refractivity contribution >= 4 is 0 Å². The highest BCUT2D eigenvalue weighted by atomic mass is 19.1. The third-order valence-corrected chi connectivity index (χ3v) is 3.70. The minimum absolute atomic E-state index is 0.207. The van der Waals surface area contributed by atoms with Gasteiger partial charge in [0.25, 0.3) is 0 Å². The highest BCUT2D eigenvalue weighted by Crippen LogP contribution is 2.21. The predicted octanol–water partition coefficient (Wildman–Crippen LogP) is 2.41. The second kappa shape index (κ2) is 6.87. The first-order chi connectivity index (χ1) is 9.19. The van der Waals surface area contributed by atoms with Gasteiger partial charge >= 0.3 is 0 Å². The zero-order valence-electron chi connectivity index (χ0n) is 11.8. The third-order valence-electron chi connectivity index (χ3n) is 3.70. The van der Waals surface area contributed by atoms with Crippen LogP contribution in [0.3, 0.4) is 0 Å². The van der Waals surface area contributed by atoms with Crippen LogP contribution in [-0.4, -0.2) is 38.2 Å². The molecule has 1 heterocycles. The minimum atomic E-state index is -0.207. The van der Waals surface area contributed by atoms with Gasteiger partial charge in [-0.25, -0.2) is 4.39 Å². The van der Waals surface area contributed by atoms with E-state index in [1.54, 1.807) is 19.2 Å². The third kappa shape index (κ3) is 4.18. The number of rotatable bonds is 6. The van der Waals surface area contributed by atoms with Crippen molar-refractivity contribution in [3.05, 3.63) is 29.6 Å². The highest BCUT2D eigenvalue weighted by molar-refractivity contribution is 5.33. The van der Waals surface area contributed by atoms with E-state index in [4.69, 9.17) is 4.74 Å². The molecule has 0 aliphatic carbocycles. The summed E-state index contributed by atoms with van der Waals surface area (Å²) in [6.45, 7) is 2.87. The van der Waals surface area contributed by atoms with Crippen LogP contribution in [-0.2, 0) is 6.54 Å². The standard InChI is InChI=1S/C15H23FN2O/c1-18(9-7-14-4-3-8-17-14)11-12-10-13(16)5-6-15(12)19-2/h5-6,10,14,17H,3-4,7-9,11H2,1-2H3. The van der Waals surface area contributed by atoms with Crippen LogP contribution in [0, 0.1) is 5.82 Å². The number of nitrogens with zero attached hydrogens (tertiary/aromatic N) is 1. The molecule has 0 spiro atoms. The van der Waals surface area contributed by atoms with E-state index in [-0.39, 0.29) is 5.82 Å². The number of halogens is 1. The van der Waals surface area contributed by atoms with Gasteiger partial charge in [-0.3, -0.25) is 0 Å². The van der Waals surface area contributed by atoms with Gasteiger partial charge in [0.05, 0.1) is 7.11 Å². The van der Waals surface area contributed by atoms with Crippen LogP contribution < -0.4 is 10.1 Å². The molecule has 1 aliphatic rings. The van der Waals surface area contributed by atoms with E-state index in [1.807, 2.05) is 0 Å². The average molecular weight is 266 g/mol. The number of ether oxygens (including phenoxy) is 1. The molecule has 19 heavy (non-hydrogen) atoms. The topological polar surface area (TPSA) is 24.5 Å². The average Bonchev–Trinajstić information content (AvgIpc) is 2.90. The summed E-state index contributed by atoms with van der Waals surface area (Å²) < 4.78 is 18.6. The van der Waals surface area contributed by atoms with Gasteiger partial charge < -0.3 is 15.0 Å². The van der Waals surface area contributed by atoms with Gasteiger partial charge in [0.1, 0.15) is 11.6 Å². The summed E-state index contributed by atoms with van der Waals surface area (Å²) in [5, 5.41) is 3.50. The summed E-state index contributed by atoms with van der Waals surface area (Å²) in [6.07, 6.45) is 3.71. The molecule has 0 aromatic heterocycles. The Morgan fingerprint density at radius 1 is 1.47 bits per heavy atom. The maximum atomic E-state index is 13.3. The second-order valence-electron chi connectivity index (χ2n) is 5.28.